The summed E-state index contributed by atoms with van der Waals surface area (Å²) in [4.78, 5) is 0. The number of nitrogens with zero attached hydrogens (tertiary/aromatic N) is 1. The standard InChI is InChI=1S/CH3BN.K/c2-1-3;/h2H3;/q-1;+1. The van der Waals surface area contributed by atoms with Crippen molar-refractivity contribution in [1.82, 2.24) is 0 Å². The van der Waals surface area contributed by atoms with Crippen molar-refractivity contribution in [2.45, 2.75) is 0 Å². The van der Waals surface area contributed by atoms with Crippen molar-refractivity contribution in [3.8, 4) is 5.97 Å². The van der Waals surface area contributed by atoms with Crippen LogP contribution in [0, 0.1) is 11.2 Å². The molecular weight excluding hydrogens is 75.9 g/mol. The summed E-state index contributed by atoms with van der Waals surface area (Å²) in [5.74, 6) is 2.00. The molecule has 0 saturated heterocycles. The van der Waals surface area contributed by atoms with E-state index in [0.717, 1.165) is 0 Å². The quantitative estimate of drug-likeness (QED) is 0.270. The van der Waals surface area contributed by atoms with E-state index in [0.29, 0.717) is 0 Å². The Bertz CT molecular complexity index is 29.5. The van der Waals surface area contributed by atoms with Gasteiger partial charge in [0.2, 0.25) is 0 Å². The van der Waals surface area contributed by atoms with E-state index in [2.05, 4.69) is 0 Å². The van der Waals surface area contributed by atoms with Gasteiger partial charge in [0.1, 0.15) is 0 Å². The van der Waals surface area contributed by atoms with Gasteiger partial charge in [-0.3, -0.25) is 5.26 Å². The molecule has 0 aliphatic rings. The van der Waals surface area contributed by atoms with Crippen molar-refractivity contribution >= 4 is 7.85 Å². The average Bonchev–Trinajstić information content (AvgIpc) is 0.918. The summed E-state index contributed by atoms with van der Waals surface area (Å²) < 4.78 is 0. The normalized spacial score (nSPS) is 2.00. The van der Waals surface area contributed by atoms with E-state index in [4.69, 9.17) is 5.26 Å². The van der Waals surface area contributed by atoms with Crippen LogP contribution in [-0.4, -0.2) is 7.85 Å². The van der Waals surface area contributed by atoms with E-state index in [9.17, 15) is 0 Å². The van der Waals surface area contributed by atoms with E-state index in [-0.39, 0.29) is 59.2 Å². The van der Waals surface area contributed by atoms with Crippen molar-refractivity contribution in [1.29, 1.82) is 5.26 Å². The molecule has 0 aliphatic carbocycles. The van der Waals surface area contributed by atoms with Gasteiger partial charge in [0.25, 0.3) is 0 Å². The maximum atomic E-state index is 7.43. The fraction of sp³-hybridized carbons (Fsp3) is 0. The molecule has 0 amide bonds. The van der Waals surface area contributed by atoms with Gasteiger partial charge in [-0.05, 0) is 0 Å². The summed E-state index contributed by atoms with van der Waals surface area (Å²) in [5.41, 5.74) is 0. The summed E-state index contributed by atoms with van der Waals surface area (Å²) in [6.07, 6.45) is 0. The Hall–Kier alpha value is 1.19. The molecule has 0 unspecified atom stereocenters. The van der Waals surface area contributed by atoms with E-state index in [1.165, 1.54) is 0 Å². The summed E-state index contributed by atoms with van der Waals surface area (Å²) in [6.45, 7) is 0. The third kappa shape index (κ3) is 10.8. The first-order valence-corrected chi connectivity index (χ1v) is 0.224. The van der Waals surface area contributed by atoms with Gasteiger partial charge in [0, 0.05) is 0 Å². The van der Waals surface area contributed by atoms with E-state index < -0.39 is 0 Å². The van der Waals surface area contributed by atoms with Crippen molar-refractivity contribution in [3.05, 3.63) is 0 Å². The van der Waals surface area contributed by atoms with Gasteiger partial charge in [0.05, 0.1) is 7.85 Å². The Kier molecular flexibility index (Phi) is 19.9. The molecule has 0 N–H and O–H groups in total. The molecule has 0 aromatic rings. The molecule has 0 aliphatic heterocycles. The van der Waals surface area contributed by atoms with Crippen molar-refractivity contribution in [2.24, 2.45) is 0 Å². The number of hydrogen-bond acceptors (Lipinski definition) is 1. The van der Waals surface area contributed by atoms with Crippen LogP contribution in [0.3, 0.4) is 0 Å². The van der Waals surface area contributed by atoms with Crippen molar-refractivity contribution in [2.75, 3.05) is 0 Å². The molecule has 0 spiro atoms. The number of hydrogen-bond donors (Lipinski definition) is 0. The first kappa shape index (κ1) is 8.95. The molecule has 0 saturated carbocycles. The topological polar surface area (TPSA) is 23.8 Å². The zero-order valence-corrected chi connectivity index (χ0v) is 5.07. The second-order valence-electron chi connectivity index (χ2n) is 0. The summed E-state index contributed by atoms with van der Waals surface area (Å²) in [7, 11) is 0.0694. The molecule has 0 rings (SSSR count). The second-order valence-corrected chi connectivity index (χ2v) is 0. The van der Waals surface area contributed by atoms with Gasteiger partial charge in [-0.2, -0.15) is 5.97 Å². The minimum atomic E-state index is 0. The number of rotatable bonds is 0. The molecule has 0 bridgehead atoms. The Morgan fingerprint density at radius 1 is 1.75 bits per heavy atom. The van der Waals surface area contributed by atoms with Gasteiger partial charge >= 0.3 is 51.4 Å². The molecule has 0 heterocycles. The van der Waals surface area contributed by atoms with Crippen LogP contribution < -0.4 is 51.4 Å². The Morgan fingerprint density at radius 3 is 1.75 bits per heavy atom. The van der Waals surface area contributed by atoms with Gasteiger partial charge in [-0.1, -0.05) is 0 Å². The molecule has 0 radical (unpaired) electrons. The van der Waals surface area contributed by atoms with Crippen molar-refractivity contribution in [3.63, 3.8) is 0 Å². The Labute approximate surface area is 69.2 Å². The molecule has 0 aromatic heterocycles. The molecular formula is CH3BKN. The predicted molar refractivity (Wildman–Crippen MR) is 15.6 cm³/mol. The maximum Gasteiger partial charge on any atom is 1.00 e. The molecule has 3 heteroatoms. The van der Waals surface area contributed by atoms with Crippen LogP contribution in [0.15, 0.2) is 0 Å². The molecule has 16 valence electrons. The van der Waals surface area contributed by atoms with Crippen LogP contribution in [0.4, 0.5) is 0 Å². The smallest absolute Gasteiger partial charge is 0.251 e. The summed E-state index contributed by atoms with van der Waals surface area (Å²) >= 11 is 0. The van der Waals surface area contributed by atoms with Gasteiger partial charge < -0.3 is 0 Å². The molecule has 1 nitrogen and oxygen atoms in total. The van der Waals surface area contributed by atoms with Gasteiger partial charge in [-0.15, -0.1) is 0 Å². The van der Waals surface area contributed by atoms with Crippen LogP contribution in [-0.2, 0) is 0 Å². The van der Waals surface area contributed by atoms with Crippen LogP contribution >= 0.6 is 0 Å². The third-order valence-electron chi connectivity index (χ3n) is 0. The summed E-state index contributed by atoms with van der Waals surface area (Å²) in [6, 6.07) is 0. The van der Waals surface area contributed by atoms with Crippen LogP contribution in [0.2, 0.25) is 0 Å². The van der Waals surface area contributed by atoms with Crippen LogP contribution in [0.25, 0.3) is 0 Å². The zero-order valence-electron chi connectivity index (χ0n) is 1.95. The van der Waals surface area contributed by atoms with E-state index in [1.807, 2.05) is 5.97 Å². The predicted octanol–water partition coefficient (Wildman–Crippen LogP) is -4.16. The van der Waals surface area contributed by atoms with Crippen molar-refractivity contribution < 1.29 is 51.4 Å². The van der Waals surface area contributed by atoms with E-state index >= 15 is 0 Å². The fourth-order valence-electron chi connectivity index (χ4n) is 0. The third-order valence-corrected chi connectivity index (χ3v) is 0. The second kappa shape index (κ2) is 8.89. The first-order valence-electron chi connectivity index (χ1n) is 0.224. The van der Waals surface area contributed by atoms with Gasteiger partial charge in [0.15, 0.2) is 0 Å². The monoisotopic (exact) mass is 79.0 g/mol. The van der Waals surface area contributed by atoms with Crippen LogP contribution in [0.5, 0.6) is 0 Å². The fourth-order valence-corrected chi connectivity index (χ4v) is 0. The maximum absolute atomic E-state index is 7.43. The van der Waals surface area contributed by atoms with Crippen LogP contribution in [0.1, 0.15) is 0 Å². The first-order chi connectivity index (χ1) is 1.41. The largest absolute Gasteiger partial charge is 1.00 e. The molecule has 0 aromatic carbocycles. The Morgan fingerprint density at radius 2 is 1.75 bits per heavy atom. The minimum absolute atomic E-state index is 0. The van der Waals surface area contributed by atoms with Gasteiger partial charge in [-0.25, -0.2) is 0 Å². The zero-order chi connectivity index (χ0) is 2.71. The SMILES string of the molecule is [BH3-]C#N.[K+]. The average molecular weight is 79.0 g/mol. The van der Waals surface area contributed by atoms with E-state index in [1.54, 1.807) is 0 Å². The molecule has 0 fully saturated rings. The molecule has 4 heavy (non-hydrogen) atoms. The minimum Gasteiger partial charge on any atom is -0.251 e. The summed E-state index contributed by atoms with van der Waals surface area (Å²) in [5, 5.41) is 7.43. The number of nitriles is 1. The molecule has 0 atom stereocenters. The Balaban J connectivity index is 0.